The zero-order valence-electron chi connectivity index (χ0n) is 8.66. The summed E-state index contributed by atoms with van der Waals surface area (Å²) in [5.41, 5.74) is 5.41. The lowest BCUT2D eigenvalue weighted by atomic mass is 10.3. The van der Waals surface area contributed by atoms with Gasteiger partial charge in [0.2, 0.25) is 10.0 Å². The van der Waals surface area contributed by atoms with Crippen LogP contribution in [0, 0.1) is 0 Å². The largest absolute Gasteiger partial charge is 0.329 e. The maximum absolute atomic E-state index is 11.8. The van der Waals surface area contributed by atoms with Crippen molar-refractivity contribution in [3.63, 3.8) is 0 Å². The smallest absolute Gasteiger partial charge is 0.218 e. The molecule has 5 heteroatoms. The van der Waals surface area contributed by atoms with Crippen LogP contribution in [0.25, 0.3) is 0 Å². The SMILES string of the molecule is CCC(CN)S(=O)(=O)N(CC)CC. The van der Waals surface area contributed by atoms with Crippen molar-refractivity contribution in [3.8, 4) is 0 Å². The van der Waals surface area contributed by atoms with Crippen molar-refractivity contribution in [2.24, 2.45) is 5.73 Å². The summed E-state index contributed by atoms with van der Waals surface area (Å²) in [6.45, 7) is 6.77. The van der Waals surface area contributed by atoms with Gasteiger partial charge in [-0.25, -0.2) is 12.7 Å². The van der Waals surface area contributed by atoms with E-state index in [1.807, 2.05) is 20.8 Å². The van der Waals surface area contributed by atoms with E-state index in [1.54, 1.807) is 0 Å². The van der Waals surface area contributed by atoms with E-state index in [4.69, 9.17) is 5.73 Å². The fourth-order valence-electron chi connectivity index (χ4n) is 1.29. The average molecular weight is 208 g/mol. The zero-order valence-corrected chi connectivity index (χ0v) is 9.47. The molecule has 4 nitrogen and oxygen atoms in total. The number of hydrogen-bond acceptors (Lipinski definition) is 3. The van der Waals surface area contributed by atoms with Crippen molar-refractivity contribution in [2.75, 3.05) is 19.6 Å². The normalized spacial score (nSPS) is 14.8. The molecule has 0 aliphatic heterocycles. The van der Waals surface area contributed by atoms with Crippen molar-refractivity contribution in [3.05, 3.63) is 0 Å². The Morgan fingerprint density at radius 3 is 1.92 bits per heavy atom. The van der Waals surface area contributed by atoms with Crippen LogP contribution in [-0.2, 0) is 10.0 Å². The molecular formula is C8H20N2O2S. The minimum atomic E-state index is -3.16. The molecule has 0 aromatic carbocycles. The first-order valence-corrected chi connectivity index (χ1v) is 6.23. The van der Waals surface area contributed by atoms with Crippen LogP contribution in [0.15, 0.2) is 0 Å². The van der Waals surface area contributed by atoms with Crippen LogP contribution in [0.4, 0.5) is 0 Å². The number of hydrogen-bond donors (Lipinski definition) is 1. The van der Waals surface area contributed by atoms with E-state index in [0.717, 1.165) is 0 Å². The van der Waals surface area contributed by atoms with Crippen molar-refractivity contribution < 1.29 is 8.42 Å². The first-order valence-electron chi connectivity index (χ1n) is 4.73. The monoisotopic (exact) mass is 208 g/mol. The topological polar surface area (TPSA) is 63.4 Å². The third kappa shape index (κ3) is 2.93. The van der Waals surface area contributed by atoms with Crippen molar-refractivity contribution in [2.45, 2.75) is 32.4 Å². The van der Waals surface area contributed by atoms with Gasteiger partial charge in [0, 0.05) is 19.6 Å². The zero-order chi connectivity index (χ0) is 10.5. The molecule has 0 spiro atoms. The second-order valence-electron chi connectivity index (χ2n) is 2.90. The molecule has 0 aliphatic rings. The van der Waals surface area contributed by atoms with Crippen molar-refractivity contribution in [1.29, 1.82) is 0 Å². The minimum Gasteiger partial charge on any atom is -0.329 e. The van der Waals surface area contributed by atoms with Gasteiger partial charge >= 0.3 is 0 Å². The molecule has 2 N–H and O–H groups in total. The van der Waals surface area contributed by atoms with Gasteiger partial charge in [-0.1, -0.05) is 20.8 Å². The summed E-state index contributed by atoms with van der Waals surface area (Å²) in [4.78, 5) is 0. The molecule has 13 heavy (non-hydrogen) atoms. The first-order chi connectivity index (χ1) is 6.04. The van der Waals surface area contributed by atoms with Crippen LogP contribution >= 0.6 is 0 Å². The summed E-state index contributed by atoms with van der Waals surface area (Å²) in [5.74, 6) is 0. The molecule has 0 saturated heterocycles. The molecule has 80 valence electrons. The second-order valence-corrected chi connectivity index (χ2v) is 5.11. The molecule has 1 unspecified atom stereocenters. The lowest BCUT2D eigenvalue weighted by molar-refractivity contribution is 0.433. The van der Waals surface area contributed by atoms with Crippen molar-refractivity contribution in [1.82, 2.24) is 4.31 Å². The maximum atomic E-state index is 11.8. The van der Waals surface area contributed by atoms with Gasteiger partial charge in [-0.2, -0.15) is 0 Å². The van der Waals surface area contributed by atoms with Crippen LogP contribution in [0.3, 0.4) is 0 Å². The van der Waals surface area contributed by atoms with Gasteiger partial charge in [0.1, 0.15) is 0 Å². The van der Waals surface area contributed by atoms with Gasteiger partial charge in [0.05, 0.1) is 5.25 Å². The van der Waals surface area contributed by atoms with E-state index in [0.29, 0.717) is 19.5 Å². The highest BCUT2D eigenvalue weighted by Crippen LogP contribution is 2.10. The van der Waals surface area contributed by atoms with Gasteiger partial charge in [-0.3, -0.25) is 0 Å². The van der Waals surface area contributed by atoms with Gasteiger partial charge in [-0.15, -0.1) is 0 Å². The molecule has 0 radical (unpaired) electrons. The molecule has 0 bridgehead atoms. The van der Waals surface area contributed by atoms with Crippen LogP contribution < -0.4 is 5.73 Å². The van der Waals surface area contributed by atoms with Gasteiger partial charge < -0.3 is 5.73 Å². The van der Waals surface area contributed by atoms with E-state index < -0.39 is 15.3 Å². The Morgan fingerprint density at radius 2 is 1.69 bits per heavy atom. The maximum Gasteiger partial charge on any atom is 0.218 e. The molecule has 0 rings (SSSR count). The van der Waals surface area contributed by atoms with Crippen LogP contribution in [-0.4, -0.2) is 37.6 Å². The summed E-state index contributed by atoms with van der Waals surface area (Å²) in [6.07, 6.45) is 0.579. The van der Waals surface area contributed by atoms with Crippen LogP contribution in [0.2, 0.25) is 0 Å². The number of rotatable bonds is 6. The fraction of sp³-hybridized carbons (Fsp3) is 1.00. The Labute approximate surface area is 81.2 Å². The molecule has 0 saturated carbocycles. The fourth-order valence-corrected chi connectivity index (χ4v) is 3.10. The Balaban J connectivity index is 4.71. The Hall–Kier alpha value is -0.130. The van der Waals surface area contributed by atoms with Gasteiger partial charge in [0.15, 0.2) is 0 Å². The lowest BCUT2D eigenvalue weighted by Crippen LogP contribution is -2.41. The molecule has 0 amide bonds. The third-order valence-electron chi connectivity index (χ3n) is 2.20. The summed E-state index contributed by atoms with van der Waals surface area (Å²) < 4.78 is 25.1. The Kier molecular flexibility index (Phi) is 5.51. The third-order valence-corrected chi connectivity index (χ3v) is 4.81. The average Bonchev–Trinajstić information content (AvgIpc) is 2.07. The molecule has 0 aliphatic carbocycles. The Bertz CT molecular complexity index is 200. The predicted molar refractivity (Wildman–Crippen MR) is 55.0 cm³/mol. The van der Waals surface area contributed by atoms with E-state index in [2.05, 4.69) is 0 Å². The molecule has 0 fully saturated rings. The van der Waals surface area contributed by atoms with E-state index in [-0.39, 0.29) is 6.54 Å². The van der Waals surface area contributed by atoms with E-state index in [9.17, 15) is 8.42 Å². The molecular weight excluding hydrogens is 188 g/mol. The predicted octanol–water partition coefficient (Wildman–Crippen LogP) is 0.395. The van der Waals surface area contributed by atoms with E-state index in [1.165, 1.54) is 4.31 Å². The van der Waals surface area contributed by atoms with Crippen LogP contribution in [0.5, 0.6) is 0 Å². The quantitative estimate of drug-likeness (QED) is 0.687. The molecule has 0 aromatic heterocycles. The first kappa shape index (κ1) is 12.9. The van der Waals surface area contributed by atoms with Gasteiger partial charge in [0.25, 0.3) is 0 Å². The van der Waals surface area contributed by atoms with Crippen LogP contribution in [0.1, 0.15) is 27.2 Å². The van der Waals surface area contributed by atoms with Crippen molar-refractivity contribution >= 4 is 10.0 Å². The molecule has 1 atom stereocenters. The summed E-state index contributed by atoms with van der Waals surface area (Å²) in [5, 5.41) is -0.424. The second kappa shape index (κ2) is 5.57. The minimum absolute atomic E-state index is 0.204. The standard InChI is InChI=1S/C8H20N2O2S/c1-4-8(7-9)13(11,12)10(5-2)6-3/h8H,4-7,9H2,1-3H3. The highest BCUT2D eigenvalue weighted by Gasteiger charge is 2.27. The molecule has 0 aromatic rings. The number of nitrogens with two attached hydrogens (primary N) is 1. The number of nitrogens with zero attached hydrogens (tertiary/aromatic N) is 1. The summed E-state index contributed by atoms with van der Waals surface area (Å²) in [6, 6.07) is 0. The van der Waals surface area contributed by atoms with Gasteiger partial charge in [-0.05, 0) is 6.42 Å². The highest BCUT2D eigenvalue weighted by molar-refractivity contribution is 7.89. The number of sulfonamides is 1. The van der Waals surface area contributed by atoms with E-state index >= 15 is 0 Å². The lowest BCUT2D eigenvalue weighted by Gasteiger charge is -2.23. The molecule has 0 heterocycles. The summed E-state index contributed by atoms with van der Waals surface area (Å²) >= 11 is 0. The highest BCUT2D eigenvalue weighted by atomic mass is 32.2. The Morgan fingerprint density at radius 1 is 1.23 bits per heavy atom. The summed E-state index contributed by atoms with van der Waals surface area (Å²) in [7, 11) is -3.16.